The molecule has 0 saturated heterocycles. The largest absolute Gasteiger partial charge is 0.384 e. The third-order valence-electron chi connectivity index (χ3n) is 4.56. The van der Waals surface area contributed by atoms with Gasteiger partial charge in [0.05, 0.1) is 0 Å². The van der Waals surface area contributed by atoms with E-state index in [-0.39, 0.29) is 0 Å². The molecule has 1 saturated carbocycles. The summed E-state index contributed by atoms with van der Waals surface area (Å²) in [4.78, 5) is 4.62. The summed E-state index contributed by atoms with van der Waals surface area (Å²) in [5, 5.41) is 7.57. The van der Waals surface area contributed by atoms with Crippen molar-refractivity contribution in [1.82, 2.24) is 10.1 Å². The van der Waals surface area contributed by atoms with Crippen LogP contribution in [-0.2, 0) is 6.42 Å². The molecule has 1 aliphatic heterocycles. The Morgan fingerprint density at radius 2 is 2.25 bits per heavy atom. The van der Waals surface area contributed by atoms with Crippen LogP contribution in [0.25, 0.3) is 11.5 Å². The second kappa shape index (κ2) is 4.62. The fraction of sp³-hybridized carbons (Fsp3) is 0.500. The summed E-state index contributed by atoms with van der Waals surface area (Å²) < 4.78 is 5.48. The molecule has 4 rings (SSSR count). The maximum absolute atomic E-state index is 5.48. The Morgan fingerprint density at radius 3 is 3.10 bits per heavy atom. The fourth-order valence-electron chi connectivity index (χ4n) is 3.40. The number of nitrogens with zero attached hydrogens (tertiary/aromatic N) is 2. The van der Waals surface area contributed by atoms with E-state index in [0.29, 0.717) is 11.8 Å². The Bertz CT molecular complexity index is 634. The minimum Gasteiger partial charge on any atom is -0.384 e. The van der Waals surface area contributed by atoms with Gasteiger partial charge in [-0.3, -0.25) is 0 Å². The zero-order valence-corrected chi connectivity index (χ0v) is 11.7. The Morgan fingerprint density at radius 1 is 1.30 bits per heavy atom. The number of hydrogen-bond donors (Lipinski definition) is 1. The van der Waals surface area contributed by atoms with E-state index >= 15 is 0 Å². The van der Waals surface area contributed by atoms with Crippen LogP contribution in [0.5, 0.6) is 0 Å². The Kier molecular flexibility index (Phi) is 2.76. The lowest BCUT2D eigenvalue weighted by molar-refractivity contribution is 0.414. The quantitative estimate of drug-likeness (QED) is 0.905. The van der Waals surface area contributed by atoms with Gasteiger partial charge in [-0.25, -0.2) is 0 Å². The summed E-state index contributed by atoms with van der Waals surface area (Å²) in [5.41, 5.74) is 3.62. The first kappa shape index (κ1) is 11.9. The minimum absolute atomic E-state index is 0.485. The predicted molar refractivity (Wildman–Crippen MR) is 77.7 cm³/mol. The lowest BCUT2D eigenvalue weighted by Gasteiger charge is -2.02. The molecule has 1 aliphatic carbocycles. The van der Waals surface area contributed by atoms with Crippen LogP contribution in [-0.4, -0.2) is 16.7 Å². The monoisotopic (exact) mass is 269 g/mol. The van der Waals surface area contributed by atoms with Gasteiger partial charge < -0.3 is 9.84 Å². The molecule has 104 valence electrons. The van der Waals surface area contributed by atoms with Crippen molar-refractivity contribution < 1.29 is 4.52 Å². The van der Waals surface area contributed by atoms with E-state index in [1.165, 1.54) is 30.5 Å². The summed E-state index contributed by atoms with van der Waals surface area (Å²) in [7, 11) is 0. The van der Waals surface area contributed by atoms with Gasteiger partial charge in [0, 0.05) is 23.7 Å². The van der Waals surface area contributed by atoms with Gasteiger partial charge in [0.1, 0.15) is 0 Å². The molecule has 0 amide bonds. The molecule has 2 heterocycles. The maximum Gasteiger partial charge on any atom is 0.257 e. The Labute approximate surface area is 118 Å². The fourth-order valence-corrected chi connectivity index (χ4v) is 3.40. The zero-order valence-electron chi connectivity index (χ0n) is 11.7. The molecular formula is C16H19N3O. The van der Waals surface area contributed by atoms with Gasteiger partial charge in [-0.1, -0.05) is 12.1 Å². The lowest BCUT2D eigenvalue weighted by Crippen LogP contribution is -1.96. The van der Waals surface area contributed by atoms with Crippen LogP contribution in [0.3, 0.4) is 0 Å². The third kappa shape index (κ3) is 1.99. The maximum atomic E-state index is 5.48. The van der Waals surface area contributed by atoms with E-state index in [9.17, 15) is 0 Å². The summed E-state index contributed by atoms with van der Waals surface area (Å²) >= 11 is 0. The highest BCUT2D eigenvalue weighted by Gasteiger charge is 2.27. The molecule has 2 atom stereocenters. The smallest absolute Gasteiger partial charge is 0.257 e. The summed E-state index contributed by atoms with van der Waals surface area (Å²) in [5.74, 6) is 2.82. The molecule has 1 N–H and O–H groups in total. The molecule has 0 spiro atoms. The topological polar surface area (TPSA) is 51.0 Å². The molecule has 2 aromatic rings. The van der Waals surface area contributed by atoms with Crippen LogP contribution in [0, 0.1) is 5.92 Å². The van der Waals surface area contributed by atoms with Gasteiger partial charge in [0.25, 0.3) is 5.89 Å². The van der Waals surface area contributed by atoms with Crippen molar-refractivity contribution >= 4 is 5.69 Å². The van der Waals surface area contributed by atoms with Gasteiger partial charge in [-0.2, -0.15) is 4.98 Å². The van der Waals surface area contributed by atoms with Gasteiger partial charge in [-0.05, 0) is 55.4 Å². The highest BCUT2D eigenvalue weighted by atomic mass is 16.5. The minimum atomic E-state index is 0.485. The second-order valence-electron chi connectivity index (χ2n) is 6.12. The summed E-state index contributed by atoms with van der Waals surface area (Å²) in [6.45, 7) is 3.32. The average molecular weight is 269 g/mol. The van der Waals surface area contributed by atoms with Gasteiger partial charge in [0.15, 0.2) is 5.82 Å². The van der Waals surface area contributed by atoms with Crippen molar-refractivity contribution in [3.63, 3.8) is 0 Å². The molecular weight excluding hydrogens is 250 g/mol. The molecule has 4 heteroatoms. The van der Waals surface area contributed by atoms with Crippen LogP contribution >= 0.6 is 0 Å². The van der Waals surface area contributed by atoms with Crippen molar-refractivity contribution in [2.24, 2.45) is 5.92 Å². The number of rotatable bonds is 2. The lowest BCUT2D eigenvalue weighted by atomic mass is 10.1. The number of benzene rings is 1. The molecule has 2 aliphatic rings. The molecule has 1 fully saturated rings. The highest BCUT2D eigenvalue weighted by Crippen LogP contribution is 2.37. The van der Waals surface area contributed by atoms with Crippen LogP contribution < -0.4 is 5.32 Å². The van der Waals surface area contributed by atoms with Crippen LogP contribution in [0.2, 0.25) is 0 Å². The van der Waals surface area contributed by atoms with E-state index < -0.39 is 0 Å². The molecule has 20 heavy (non-hydrogen) atoms. The van der Waals surface area contributed by atoms with E-state index in [2.05, 4.69) is 40.6 Å². The van der Waals surface area contributed by atoms with Crippen LogP contribution in [0.15, 0.2) is 22.7 Å². The first-order valence-electron chi connectivity index (χ1n) is 7.50. The third-order valence-corrected chi connectivity index (χ3v) is 4.56. The van der Waals surface area contributed by atoms with Crippen LogP contribution in [0.4, 0.5) is 5.69 Å². The molecule has 4 nitrogen and oxygen atoms in total. The van der Waals surface area contributed by atoms with Crippen molar-refractivity contribution in [3.05, 3.63) is 29.6 Å². The molecule has 1 aromatic carbocycles. The van der Waals surface area contributed by atoms with Gasteiger partial charge in [-0.15, -0.1) is 0 Å². The zero-order chi connectivity index (χ0) is 13.5. The number of anilines is 1. The Balaban J connectivity index is 1.61. The number of nitrogens with one attached hydrogen (secondary N) is 1. The SMILES string of the molecule is CC1CCC(c2noc(-c3ccc4c(c3)CCN4)n2)C1. The highest BCUT2D eigenvalue weighted by molar-refractivity contribution is 5.64. The molecule has 0 radical (unpaired) electrons. The molecule has 0 bridgehead atoms. The summed E-state index contributed by atoms with van der Waals surface area (Å²) in [6, 6.07) is 6.34. The van der Waals surface area contributed by atoms with E-state index in [4.69, 9.17) is 4.52 Å². The predicted octanol–water partition coefficient (Wildman–Crippen LogP) is 3.61. The molecule has 1 aromatic heterocycles. The number of fused-ring (bicyclic) bond motifs is 1. The number of hydrogen-bond acceptors (Lipinski definition) is 4. The second-order valence-corrected chi connectivity index (χ2v) is 6.12. The first-order chi connectivity index (χ1) is 9.79. The van der Waals surface area contributed by atoms with Crippen molar-refractivity contribution in [2.45, 2.75) is 38.5 Å². The van der Waals surface area contributed by atoms with E-state index in [1.54, 1.807) is 0 Å². The number of aromatic nitrogens is 2. The van der Waals surface area contributed by atoms with Gasteiger partial charge >= 0.3 is 0 Å². The van der Waals surface area contributed by atoms with E-state index in [0.717, 1.165) is 30.3 Å². The average Bonchev–Trinajstić information content (AvgIpc) is 3.17. The Hall–Kier alpha value is -1.84. The van der Waals surface area contributed by atoms with Crippen molar-refractivity contribution in [3.8, 4) is 11.5 Å². The van der Waals surface area contributed by atoms with Crippen molar-refractivity contribution in [2.75, 3.05) is 11.9 Å². The van der Waals surface area contributed by atoms with E-state index in [1.807, 2.05) is 0 Å². The molecule has 2 unspecified atom stereocenters. The normalized spacial score (nSPS) is 24.6. The summed E-state index contributed by atoms with van der Waals surface area (Å²) in [6.07, 6.45) is 4.73. The van der Waals surface area contributed by atoms with Gasteiger partial charge in [0.2, 0.25) is 0 Å². The standard InChI is InChI=1S/C16H19N3O/c1-10-2-3-12(8-10)15-18-16(20-19-15)13-4-5-14-11(9-13)6-7-17-14/h4-5,9-10,12,17H,2-3,6-8H2,1H3. The van der Waals surface area contributed by atoms with Crippen LogP contribution in [0.1, 0.15) is 43.5 Å². The van der Waals surface area contributed by atoms with Crippen molar-refractivity contribution in [1.29, 1.82) is 0 Å². The first-order valence-corrected chi connectivity index (χ1v) is 7.50.